The molecule has 1 aliphatic heterocycles. The number of ether oxygens (including phenoxy) is 2. The Labute approximate surface area is 179 Å². The summed E-state index contributed by atoms with van der Waals surface area (Å²) in [6, 6.07) is 7.28. The first kappa shape index (κ1) is 19.8. The number of pyridine rings is 1. The molecule has 0 unspecified atom stereocenters. The Morgan fingerprint density at radius 2 is 2.13 bits per heavy atom. The molecule has 3 heterocycles. The van der Waals surface area contributed by atoms with Crippen LogP contribution in [0, 0.1) is 5.41 Å². The van der Waals surface area contributed by atoms with Crippen LogP contribution in [-0.2, 0) is 4.74 Å². The highest BCUT2D eigenvalue weighted by Gasteiger charge is 2.48. The van der Waals surface area contributed by atoms with Crippen LogP contribution >= 0.6 is 0 Å². The molecule has 0 bridgehead atoms. The van der Waals surface area contributed by atoms with Gasteiger partial charge in [-0.1, -0.05) is 26.0 Å². The first-order chi connectivity index (χ1) is 14.8. The van der Waals surface area contributed by atoms with Gasteiger partial charge in [-0.05, 0) is 24.3 Å². The molecule has 31 heavy (non-hydrogen) atoms. The first-order valence-corrected chi connectivity index (χ1v) is 10.5. The van der Waals surface area contributed by atoms with Gasteiger partial charge in [0.05, 0.1) is 30.1 Å². The molecule has 8 heteroatoms. The van der Waals surface area contributed by atoms with Crippen molar-refractivity contribution >= 4 is 16.9 Å². The van der Waals surface area contributed by atoms with Crippen molar-refractivity contribution in [2.45, 2.75) is 38.8 Å². The second-order valence-electron chi connectivity index (χ2n) is 8.98. The van der Waals surface area contributed by atoms with E-state index in [4.69, 9.17) is 14.6 Å². The molecule has 0 spiro atoms. The molecular weight excluding hydrogens is 398 g/mol. The van der Waals surface area contributed by atoms with Crippen LogP contribution in [0.3, 0.4) is 0 Å². The van der Waals surface area contributed by atoms with E-state index in [1.165, 1.54) is 12.3 Å². The lowest BCUT2D eigenvalue weighted by molar-refractivity contribution is 0.0693. The second kappa shape index (κ2) is 6.95. The van der Waals surface area contributed by atoms with Crippen LogP contribution in [0.25, 0.3) is 22.3 Å². The Morgan fingerprint density at radius 3 is 2.87 bits per heavy atom. The fourth-order valence-electron chi connectivity index (χ4n) is 5.24. The van der Waals surface area contributed by atoms with Crippen molar-refractivity contribution in [3.63, 3.8) is 0 Å². The number of hydrogen-bond donors (Lipinski definition) is 1. The van der Waals surface area contributed by atoms with Crippen molar-refractivity contribution in [1.29, 1.82) is 0 Å². The van der Waals surface area contributed by atoms with Gasteiger partial charge in [-0.25, -0.2) is 4.79 Å². The lowest BCUT2D eigenvalue weighted by atomic mass is 9.84. The smallest absolute Gasteiger partial charge is 0.341 e. The highest BCUT2D eigenvalue weighted by Crippen LogP contribution is 2.56. The maximum Gasteiger partial charge on any atom is 0.341 e. The number of rotatable bonds is 5. The zero-order valence-corrected chi connectivity index (χ0v) is 17.8. The lowest BCUT2D eigenvalue weighted by Crippen LogP contribution is -2.35. The Hall–Kier alpha value is -3.13. The third-order valence-electron chi connectivity index (χ3n) is 6.65. The predicted octanol–water partition coefficient (Wildman–Crippen LogP) is 3.50. The van der Waals surface area contributed by atoms with Gasteiger partial charge in [0.1, 0.15) is 23.4 Å². The van der Waals surface area contributed by atoms with E-state index in [0.29, 0.717) is 24.7 Å². The molecule has 2 aliphatic rings. The molecule has 1 aliphatic carbocycles. The van der Waals surface area contributed by atoms with Gasteiger partial charge in [0, 0.05) is 24.8 Å². The van der Waals surface area contributed by atoms with Gasteiger partial charge >= 0.3 is 5.97 Å². The fourth-order valence-corrected chi connectivity index (χ4v) is 5.24. The van der Waals surface area contributed by atoms with Crippen LogP contribution in [-0.4, -0.2) is 45.7 Å². The number of methoxy groups -OCH3 is 1. The third kappa shape index (κ3) is 2.89. The maximum absolute atomic E-state index is 12.6. The minimum absolute atomic E-state index is 0.000807. The molecule has 1 fully saturated rings. The second-order valence-corrected chi connectivity index (χ2v) is 8.98. The van der Waals surface area contributed by atoms with E-state index in [1.807, 2.05) is 27.4 Å². The number of aromatic carboxylic acids is 1. The van der Waals surface area contributed by atoms with Crippen molar-refractivity contribution in [3.05, 3.63) is 46.2 Å². The standard InChI is InChI=1S/C23H25N3O5/c1-23(2)8-7-15-21(23)25-12-14(22(28)29)17(27)11-16(25)20-13-5-4-6-18(31-10-9-30-3)19(13)24-26(15)20/h4-6,11-12,15,21H,7-10H2,1-3H3,(H,28,29)/t15-,21-/m1/s1. The number of nitrogens with zero attached hydrogens (tertiary/aromatic N) is 3. The largest absolute Gasteiger partial charge is 0.489 e. The van der Waals surface area contributed by atoms with Crippen LogP contribution in [0.4, 0.5) is 0 Å². The van der Waals surface area contributed by atoms with Gasteiger partial charge < -0.3 is 19.1 Å². The zero-order valence-electron chi connectivity index (χ0n) is 17.8. The minimum atomic E-state index is -1.20. The van der Waals surface area contributed by atoms with Crippen LogP contribution < -0.4 is 10.2 Å². The van der Waals surface area contributed by atoms with Crippen LogP contribution in [0.2, 0.25) is 0 Å². The Balaban J connectivity index is 1.78. The normalized spacial score (nSPS) is 20.9. The van der Waals surface area contributed by atoms with E-state index in [9.17, 15) is 14.7 Å². The summed E-state index contributed by atoms with van der Waals surface area (Å²) in [7, 11) is 1.63. The van der Waals surface area contributed by atoms with Gasteiger partial charge in [0.2, 0.25) is 0 Å². The Bertz CT molecular complexity index is 1260. The molecule has 1 aromatic carbocycles. The average Bonchev–Trinajstić information content (AvgIpc) is 3.26. The molecule has 0 radical (unpaired) electrons. The maximum atomic E-state index is 12.6. The average molecular weight is 423 g/mol. The van der Waals surface area contributed by atoms with E-state index in [1.54, 1.807) is 7.11 Å². The van der Waals surface area contributed by atoms with E-state index in [2.05, 4.69) is 13.8 Å². The molecule has 8 nitrogen and oxygen atoms in total. The van der Waals surface area contributed by atoms with Gasteiger partial charge in [-0.3, -0.25) is 9.48 Å². The van der Waals surface area contributed by atoms with Crippen LogP contribution in [0.1, 0.15) is 49.1 Å². The summed E-state index contributed by atoms with van der Waals surface area (Å²) in [5.74, 6) is -0.535. The topological polar surface area (TPSA) is 95.6 Å². The zero-order chi connectivity index (χ0) is 21.9. The van der Waals surface area contributed by atoms with E-state index in [-0.39, 0.29) is 23.1 Å². The summed E-state index contributed by atoms with van der Waals surface area (Å²) in [6.07, 6.45) is 3.42. The summed E-state index contributed by atoms with van der Waals surface area (Å²) in [5, 5.41) is 15.4. The number of carboxylic acid groups (broad SMARTS) is 1. The van der Waals surface area contributed by atoms with E-state index >= 15 is 0 Å². The molecule has 0 amide bonds. The molecule has 1 saturated carbocycles. The van der Waals surface area contributed by atoms with E-state index < -0.39 is 11.4 Å². The monoisotopic (exact) mass is 423 g/mol. The quantitative estimate of drug-likeness (QED) is 0.631. The number of hydrogen-bond acceptors (Lipinski definition) is 5. The number of fused-ring (bicyclic) bond motifs is 8. The molecular formula is C23H25N3O5. The lowest BCUT2D eigenvalue weighted by Gasteiger charge is -2.39. The van der Waals surface area contributed by atoms with Gasteiger partial charge in [-0.2, -0.15) is 5.10 Å². The fraction of sp³-hybridized carbons (Fsp3) is 0.435. The predicted molar refractivity (Wildman–Crippen MR) is 115 cm³/mol. The van der Waals surface area contributed by atoms with Crippen molar-refractivity contribution < 1.29 is 19.4 Å². The van der Waals surface area contributed by atoms with Gasteiger partial charge in [0.15, 0.2) is 5.43 Å². The van der Waals surface area contributed by atoms with Crippen molar-refractivity contribution in [2.75, 3.05) is 20.3 Å². The molecule has 3 aromatic rings. The van der Waals surface area contributed by atoms with Gasteiger partial charge in [-0.15, -0.1) is 0 Å². The Kier molecular flexibility index (Phi) is 4.44. The number of carbonyl (C=O) groups is 1. The van der Waals surface area contributed by atoms with E-state index in [0.717, 1.165) is 29.4 Å². The Morgan fingerprint density at radius 1 is 1.32 bits per heavy atom. The first-order valence-electron chi connectivity index (χ1n) is 10.5. The SMILES string of the molecule is COCCOc1cccc2c3n(nc12)[C@@H]1CCC(C)(C)[C@@H]1n1cc(C(=O)O)c(=O)cc1-3. The number of aromatic nitrogens is 3. The summed E-state index contributed by atoms with van der Waals surface area (Å²) >= 11 is 0. The van der Waals surface area contributed by atoms with Crippen LogP contribution in [0.15, 0.2) is 35.3 Å². The minimum Gasteiger partial charge on any atom is -0.489 e. The summed E-state index contributed by atoms with van der Waals surface area (Å²) < 4.78 is 15.0. The third-order valence-corrected chi connectivity index (χ3v) is 6.65. The van der Waals surface area contributed by atoms with Gasteiger partial charge in [0.25, 0.3) is 0 Å². The number of carboxylic acids is 1. The van der Waals surface area contributed by atoms with Crippen molar-refractivity contribution in [3.8, 4) is 17.1 Å². The highest BCUT2D eigenvalue weighted by molar-refractivity contribution is 5.97. The summed E-state index contributed by atoms with van der Waals surface area (Å²) in [6.45, 7) is 5.26. The molecule has 2 atom stereocenters. The van der Waals surface area contributed by atoms with Crippen LogP contribution in [0.5, 0.6) is 5.75 Å². The molecule has 162 valence electrons. The van der Waals surface area contributed by atoms with Crippen molar-refractivity contribution in [1.82, 2.24) is 14.3 Å². The molecule has 2 aromatic heterocycles. The molecule has 5 rings (SSSR count). The summed E-state index contributed by atoms with van der Waals surface area (Å²) in [4.78, 5) is 24.3. The number of benzene rings is 1. The molecule has 0 saturated heterocycles. The summed E-state index contributed by atoms with van der Waals surface area (Å²) in [5.41, 5.74) is 1.49. The van der Waals surface area contributed by atoms with Crippen molar-refractivity contribution in [2.24, 2.45) is 5.41 Å². The highest BCUT2D eigenvalue weighted by atomic mass is 16.5. The molecule has 1 N–H and O–H groups in total.